The normalized spacial score (nSPS) is 14.7. The summed E-state index contributed by atoms with van der Waals surface area (Å²) < 4.78 is 28.0. The summed E-state index contributed by atoms with van der Waals surface area (Å²) in [5, 5.41) is 1.03. The van der Waals surface area contributed by atoms with Crippen LogP contribution in [0.4, 0.5) is 4.39 Å². The molecule has 1 aliphatic heterocycles. The molecular weight excluding hydrogens is 443 g/mol. The number of hydrogen-bond acceptors (Lipinski definition) is 3. The second-order valence-corrected chi connectivity index (χ2v) is 8.85. The van der Waals surface area contributed by atoms with Gasteiger partial charge in [-0.2, -0.15) is 0 Å². The van der Waals surface area contributed by atoms with Crippen LogP contribution in [-0.4, -0.2) is 48.8 Å². The third kappa shape index (κ3) is 4.93. The Bertz CT molecular complexity index is 1310. The molecule has 0 N–H and O–H groups in total. The van der Waals surface area contributed by atoms with Gasteiger partial charge >= 0.3 is 0 Å². The van der Waals surface area contributed by atoms with Gasteiger partial charge in [-0.3, -0.25) is 4.79 Å². The van der Waals surface area contributed by atoms with E-state index in [1.807, 2.05) is 47.4 Å². The van der Waals surface area contributed by atoms with Crippen LogP contribution in [0.2, 0.25) is 0 Å². The number of nitrogens with zero attached hydrogens (tertiary/aromatic N) is 2. The van der Waals surface area contributed by atoms with Crippen molar-refractivity contribution in [1.82, 2.24) is 9.47 Å². The molecule has 0 aliphatic carbocycles. The molecule has 1 unspecified atom stereocenters. The third-order valence-electron chi connectivity index (χ3n) is 6.73. The first kappa shape index (κ1) is 23.1. The van der Waals surface area contributed by atoms with Crippen LogP contribution in [0.25, 0.3) is 10.9 Å². The number of para-hydroxylation sites is 1. The number of fused-ring (bicyclic) bond motifs is 1. The average molecular weight is 473 g/mol. The summed E-state index contributed by atoms with van der Waals surface area (Å²) in [6.07, 6.45) is 2.29. The Morgan fingerprint density at radius 3 is 2.43 bits per heavy atom. The first-order valence-electron chi connectivity index (χ1n) is 11.9. The first-order chi connectivity index (χ1) is 17.1. The number of ether oxygens (including phenoxy) is 2. The van der Waals surface area contributed by atoms with Gasteiger partial charge in [-0.15, -0.1) is 0 Å². The van der Waals surface area contributed by atoms with E-state index in [2.05, 4.69) is 22.9 Å². The fraction of sp³-hybridized carbons (Fsp3) is 0.276. The largest absolute Gasteiger partial charge is 0.497 e. The number of amides is 1. The molecule has 1 atom stereocenters. The zero-order valence-electron chi connectivity index (χ0n) is 19.8. The molecule has 1 fully saturated rings. The highest BCUT2D eigenvalue weighted by Gasteiger charge is 2.27. The number of methoxy groups -OCH3 is 1. The number of carbonyl (C=O) groups excluding carboxylic acids is 1. The van der Waals surface area contributed by atoms with Gasteiger partial charge in [-0.25, -0.2) is 4.39 Å². The van der Waals surface area contributed by atoms with E-state index in [0.717, 1.165) is 27.8 Å². The molecule has 1 amide bonds. The van der Waals surface area contributed by atoms with Crippen molar-refractivity contribution in [3.63, 3.8) is 0 Å². The summed E-state index contributed by atoms with van der Waals surface area (Å²) in [5.74, 6) is 0.148. The zero-order chi connectivity index (χ0) is 24.2. The Hall–Kier alpha value is -3.64. The fourth-order valence-corrected chi connectivity index (χ4v) is 4.87. The lowest BCUT2D eigenvalue weighted by atomic mass is 9.87. The van der Waals surface area contributed by atoms with Crippen molar-refractivity contribution >= 4 is 16.8 Å². The van der Waals surface area contributed by atoms with Crippen LogP contribution in [0.15, 0.2) is 79.0 Å². The molecule has 5 nitrogen and oxygen atoms in total. The van der Waals surface area contributed by atoms with Crippen LogP contribution in [-0.2, 0) is 16.1 Å². The maximum absolute atomic E-state index is 15.1. The van der Waals surface area contributed by atoms with Crippen LogP contribution in [0.5, 0.6) is 5.75 Å². The molecule has 4 aromatic rings. The zero-order valence-corrected chi connectivity index (χ0v) is 19.8. The predicted octanol–water partition coefficient (Wildman–Crippen LogP) is 5.22. The van der Waals surface area contributed by atoms with E-state index >= 15 is 4.39 Å². The van der Waals surface area contributed by atoms with E-state index < -0.39 is 5.92 Å². The molecule has 180 valence electrons. The van der Waals surface area contributed by atoms with E-state index in [-0.39, 0.29) is 18.1 Å². The molecule has 0 spiro atoms. The number of hydrogen-bond donors (Lipinski definition) is 0. The Morgan fingerprint density at radius 2 is 1.69 bits per heavy atom. The summed E-state index contributed by atoms with van der Waals surface area (Å²) in [4.78, 5) is 15.1. The molecule has 0 radical (unpaired) electrons. The van der Waals surface area contributed by atoms with Crippen molar-refractivity contribution in [3.05, 3.63) is 102 Å². The third-order valence-corrected chi connectivity index (χ3v) is 6.73. The summed E-state index contributed by atoms with van der Waals surface area (Å²) in [6.45, 7) is 2.88. The molecule has 0 saturated carbocycles. The molecule has 0 bridgehead atoms. The minimum atomic E-state index is -0.395. The summed E-state index contributed by atoms with van der Waals surface area (Å²) in [7, 11) is 1.65. The summed E-state index contributed by atoms with van der Waals surface area (Å²) >= 11 is 0. The fourth-order valence-electron chi connectivity index (χ4n) is 4.87. The molecule has 5 rings (SSSR count). The van der Waals surface area contributed by atoms with Crippen molar-refractivity contribution in [1.29, 1.82) is 0 Å². The minimum Gasteiger partial charge on any atom is -0.497 e. The average Bonchev–Trinajstić information content (AvgIpc) is 3.26. The van der Waals surface area contributed by atoms with E-state index in [0.29, 0.717) is 38.4 Å². The maximum Gasteiger partial charge on any atom is 0.223 e. The van der Waals surface area contributed by atoms with Crippen LogP contribution in [0.3, 0.4) is 0 Å². The van der Waals surface area contributed by atoms with Crippen LogP contribution < -0.4 is 4.74 Å². The molecule has 6 heteroatoms. The number of morpholine rings is 1. The monoisotopic (exact) mass is 472 g/mol. The number of aromatic nitrogens is 1. The van der Waals surface area contributed by atoms with Crippen molar-refractivity contribution in [2.45, 2.75) is 18.9 Å². The Kier molecular flexibility index (Phi) is 6.82. The standard InChI is InChI=1S/C29H29FN2O3/c1-34-22-12-10-21(11-13-22)19-32-20-26(24-7-3-5-9-28(24)32)25(23-6-2-4-8-27(23)30)18-29(33)31-14-16-35-17-15-31/h2-13,20,25H,14-19H2,1H3. The van der Waals surface area contributed by atoms with Crippen LogP contribution in [0, 0.1) is 5.82 Å². The van der Waals surface area contributed by atoms with Crippen LogP contribution in [0.1, 0.15) is 29.0 Å². The highest BCUT2D eigenvalue weighted by atomic mass is 19.1. The number of halogens is 1. The van der Waals surface area contributed by atoms with Gasteiger partial charge in [0.1, 0.15) is 11.6 Å². The van der Waals surface area contributed by atoms with Gasteiger partial charge in [-0.05, 0) is 41.0 Å². The smallest absolute Gasteiger partial charge is 0.223 e. The molecule has 1 aromatic heterocycles. The highest BCUT2D eigenvalue weighted by Crippen LogP contribution is 2.36. The number of benzene rings is 3. The molecule has 35 heavy (non-hydrogen) atoms. The van der Waals surface area contributed by atoms with Crippen molar-refractivity contribution in [2.24, 2.45) is 0 Å². The van der Waals surface area contributed by atoms with E-state index in [1.54, 1.807) is 19.2 Å². The summed E-state index contributed by atoms with van der Waals surface area (Å²) in [6, 6.07) is 22.9. The summed E-state index contributed by atoms with van der Waals surface area (Å²) in [5.41, 5.74) is 3.69. The lowest BCUT2D eigenvalue weighted by Crippen LogP contribution is -2.41. The van der Waals surface area contributed by atoms with Crippen molar-refractivity contribution in [2.75, 3.05) is 33.4 Å². The number of rotatable bonds is 7. The van der Waals surface area contributed by atoms with Gasteiger partial charge in [-0.1, -0.05) is 48.5 Å². The van der Waals surface area contributed by atoms with Crippen molar-refractivity contribution < 1.29 is 18.7 Å². The molecule has 1 saturated heterocycles. The van der Waals surface area contributed by atoms with Gasteiger partial charge in [0, 0.05) is 49.1 Å². The maximum atomic E-state index is 15.1. The van der Waals surface area contributed by atoms with Gasteiger partial charge in [0.05, 0.1) is 20.3 Å². The number of carbonyl (C=O) groups is 1. The van der Waals surface area contributed by atoms with E-state index in [9.17, 15) is 4.79 Å². The van der Waals surface area contributed by atoms with Crippen molar-refractivity contribution in [3.8, 4) is 5.75 Å². The molecule has 2 heterocycles. The Morgan fingerprint density at radius 1 is 0.971 bits per heavy atom. The molecular formula is C29H29FN2O3. The van der Waals surface area contributed by atoms with Gasteiger partial charge in [0.2, 0.25) is 5.91 Å². The minimum absolute atomic E-state index is 0.0218. The van der Waals surface area contributed by atoms with E-state index in [1.165, 1.54) is 6.07 Å². The Balaban J connectivity index is 1.55. The second kappa shape index (κ2) is 10.3. The van der Waals surface area contributed by atoms with Gasteiger partial charge < -0.3 is 18.9 Å². The lowest BCUT2D eigenvalue weighted by Gasteiger charge is -2.28. The second-order valence-electron chi connectivity index (χ2n) is 8.85. The van der Waals surface area contributed by atoms with Gasteiger partial charge in [0.25, 0.3) is 0 Å². The van der Waals surface area contributed by atoms with Gasteiger partial charge in [0.15, 0.2) is 0 Å². The SMILES string of the molecule is COc1ccc(Cn2cc(C(CC(=O)N3CCOCC3)c3ccccc3F)c3ccccc32)cc1. The lowest BCUT2D eigenvalue weighted by molar-refractivity contribution is -0.135. The molecule has 3 aromatic carbocycles. The Labute approximate surface area is 204 Å². The van der Waals surface area contributed by atoms with Crippen LogP contribution >= 0.6 is 0 Å². The van der Waals surface area contributed by atoms with E-state index in [4.69, 9.17) is 9.47 Å². The highest BCUT2D eigenvalue weighted by molar-refractivity contribution is 5.87. The molecule has 1 aliphatic rings. The predicted molar refractivity (Wildman–Crippen MR) is 134 cm³/mol. The first-order valence-corrected chi connectivity index (χ1v) is 11.9. The quantitative estimate of drug-likeness (QED) is 0.371. The topological polar surface area (TPSA) is 43.7 Å².